The van der Waals surface area contributed by atoms with Crippen LogP contribution in [0.1, 0.15) is 0 Å². The van der Waals surface area contributed by atoms with Gasteiger partial charge in [0.1, 0.15) is 5.03 Å². The summed E-state index contributed by atoms with van der Waals surface area (Å²) in [6, 6.07) is 32.8. The van der Waals surface area contributed by atoms with Crippen LogP contribution < -0.4 is 0 Å². The van der Waals surface area contributed by atoms with Crippen molar-refractivity contribution in [2.24, 2.45) is 0 Å². The molecule has 0 amide bonds. The molecule has 0 N–H and O–H groups in total. The molecule has 4 rings (SSSR count). The number of benzene rings is 3. The Morgan fingerprint density at radius 1 is 0.593 bits per heavy atom. The first-order valence-corrected chi connectivity index (χ1v) is 10.5. The number of pyridine rings is 1. The highest BCUT2D eigenvalue weighted by Gasteiger charge is 2.11. The number of nitrogens with zero attached hydrogens (tertiary/aromatic N) is 1. The maximum Gasteiger partial charge on any atom is 0.102 e. The summed E-state index contributed by atoms with van der Waals surface area (Å²) in [5, 5.41) is 1.71. The van der Waals surface area contributed by atoms with Gasteiger partial charge >= 0.3 is 0 Å². The Morgan fingerprint density at radius 2 is 1.22 bits per heavy atom. The summed E-state index contributed by atoms with van der Waals surface area (Å²) in [5.74, 6) is 0. The van der Waals surface area contributed by atoms with E-state index >= 15 is 0 Å². The molecule has 0 unspecified atom stereocenters. The maximum absolute atomic E-state index is 5.99. The van der Waals surface area contributed by atoms with Crippen LogP contribution in [0.2, 0.25) is 5.02 Å². The van der Waals surface area contributed by atoms with Gasteiger partial charge in [-0.05, 0) is 48.5 Å². The van der Waals surface area contributed by atoms with Crippen molar-refractivity contribution in [3.05, 3.63) is 102 Å². The van der Waals surface area contributed by atoms with E-state index in [4.69, 9.17) is 16.6 Å². The maximum atomic E-state index is 5.99. The number of aromatic nitrogens is 1. The van der Waals surface area contributed by atoms with Gasteiger partial charge in [0, 0.05) is 25.3 Å². The van der Waals surface area contributed by atoms with Crippen LogP contribution in [0, 0.1) is 0 Å². The van der Waals surface area contributed by atoms with Gasteiger partial charge in [0.15, 0.2) is 0 Å². The number of hydrogen-bond acceptors (Lipinski definition) is 3. The number of halogens is 1. The molecule has 1 heterocycles. The second-order valence-corrected chi connectivity index (χ2v) is 8.48. The lowest BCUT2D eigenvalue weighted by molar-refractivity contribution is 1.09. The van der Waals surface area contributed by atoms with Crippen molar-refractivity contribution in [3.8, 4) is 11.3 Å². The van der Waals surface area contributed by atoms with Gasteiger partial charge in [-0.2, -0.15) is 0 Å². The Bertz CT molecular complexity index is 1020. The monoisotopic (exact) mass is 405 g/mol. The summed E-state index contributed by atoms with van der Waals surface area (Å²) < 4.78 is 0. The Morgan fingerprint density at radius 3 is 1.93 bits per heavy atom. The molecule has 4 aromatic rings. The average Bonchev–Trinajstić information content (AvgIpc) is 2.72. The SMILES string of the molecule is Clc1ccc(Sc2ccc(Sc3ccccc3)c(-c3ccccc3)n2)cc1. The zero-order valence-electron chi connectivity index (χ0n) is 14.4. The second kappa shape index (κ2) is 8.66. The first kappa shape index (κ1) is 18.2. The second-order valence-electron chi connectivity index (χ2n) is 5.83. The molecule has 0 fully saturated rings. The van der Waals surface area contributed by atoms with Crippen molar-refractivity contribution in [2.45, 2.75) is 19.7 Å². The first-order valence-electron chi connectivity index (χ1n) is 8.51. The van der Waals surface area contributed by atoms with Gasteiger partial charge in [0.2, 0.25) is 0 Å². The quantitative estimate of drug-likeness (QED) is 0.337. The summed E-state index contributed by atoms with van der Waals surface area (Å²) in [7, 11) is 0. The fraction of sp³-hybridized carbons (Fsp3) is 0. The molecule has 1 aromatic heterocycles. The lowest BCUT2D eigenvalue weighted by atomic mass is 10.1. The summed E-state index contributed by atoms with van der Waals surface area (Å²) in [6.45, 7) is 0. The van der Waals surface area contributed by atoms with E-state index in [9.17, 15) is 0 Å². The lowest BCUT2D eigenvalue weighted by Gasteiger charge is -2.11. The molecule has 3 aromatic carbocycles. The van der Waals surface area contributed by atoms with Gasteiger partial charge in [0.05, 0.1) is 5.69 Å². The molecule has 27 heavy (non-hydrogen) atoms. The van der Waals surface area contributed by atoms with Crippen LogP contribution in [0.4, 0.5) is 0 Å². The van der Waals surface area contributed by atoms with Crippen LogP contribution in [0.25, 0.3) is 11.3 Å². The number of rotatable bonds is 5. The summed E-state index contributed by atoms with van der Waals surface area (Å²) >= 11 is 9.37. The standard InChI is InChI=1S/C23H16ClNS2/c24-18-11-13-20(14-12-18)27-22-16-15-21(26-19-9-5-2-6-10-19)23(25-22)17-7-3-1-4-8-17/h1-16H. The molecule has 0 spiro atoms. The summed E-state index contributed by atoms with van der Waals surface area (Å²) in [6.07, 6.45) is 0. The van der Waals surface area contributed by atoms with Crippen LogP contribution in [-0.2, 0) is 0 Å². The van der Waals surface area contributed by atoms with Gasteiger partial charge in [-0.15, -0.1) is 0 Å². The Balaban J connectivity index is 1.70. The molecule has 132 valence electrons. The van der Waals surface area contributed by atoms with Gasteiger partial charge in [-0.25, -0.2) is 4.98 Å². The molecule has 0 aliphatic carbocycles. The zero-order valence-corrected chi connectivity index (χ0v) is 16.8. The average molecular weight is 406 g/mol. The fourth-order valence-corrected chi connectivity index (χ4v) is 4.47. The Kier molecular flexibility index (Phi) is 5.83. The zero-order chi connectivity index (χ0) is 18.5. The topological polar surface area (TPSA) is 12.9 Å². The fourth-order valence-electron chi connectivity index (χ4n) is 2.61. The van der Waals surface area contributed by atoms with Crippen molar-refractivity contribution >= 4 is 35.1 Å². The molecule has 0 saturated carbocycles. The lowest BCUT2D eigenvalue weighted by Crippen LogP contribution is -1.90. The van der Waals surface area contributed by atoms with E-state index in [0.717, 1.165) is 31.1 Å². The third-order valence-corrected chi connectivity index (χ3v) is 6.14. The normalized spacial score (nSPS) is 10.7. The van der Waals surface area contributed by atoms with Gasteiger partial charge < -0.3 is 0 Å². The van der Waals surface area contributed by atoms with Gasteiger partial charge in [-0.3, -0.25) is 0 Å². The summed E-state index contributed by atoms with van der Waals surface area (Å²) in [5.41, 5.74) is 2.12. The van der Waals surface area contributed by atoms with Crippen LogP contribution in [-0.4, -0.2) is 4.98 Å². The van der Waals surface area contributed by atoms with Crippen molar-refractivity contribution in [2.75, 3.05) is 0 Å². The van der Waals surface area contributed by atoms with Crippen molar-refractivity contribution in [1.29, 1.82) is 0 Å². The molecule has 4 heteroatoms. The Hall–Kier alpha value is -2.20. The largest absolute Gasteiger partial charge is 0.240 e. The van der Waals surface area contributed by atoms with Crippen LogP contribution in [0.5, 0.6) is 0 Å². The molecule has 0 saturated heterocycles. The van der Waals surface area contributed by atoms with Crippen LogP contribution in [0.15, 0.2) is 117 Å². The molecular formula is C23H16ClNS2. The van der Waals surface area contributed by atoms with E-state index in [1.54, 1.807) is 23.5 Å². The van der Waals surface area contributed by atoms with Gasteiger partial charge in [-0.1, -0.05) is 83.7 Å². The van der Waals surface area contributed by atoms with E-state index in [2.05, 4.69) is 48.5 Å². The Labute approximate surface area is 172 Å². The first-order chi connectivity index (χ1) is 13.3. The molecular weight excluding hydrogens is 390 g/mol. The van der Waals surface area contributed by atoms with Crippen molar-refractivity contribution < 1.29 is 0 Å². The minimum atomic E-state index is 0.742. The summed E-state index contributed by atoms with van der Waals surface area (Å²) in [4.78, 5) is 8.44. The van der Waals surface area contributed by atoms with E-state index in [0.29, 0.717) is 0 Å². The van der Waals surface area contributed by atoms with Crippen molar-refractivity contribution in [3.63, 3.8) is 0 Å². The minimum absolute atomic E-state index is 0.742. The predicted octanol–water partition coefficient (Wildman–Crippen LogP) is 7.70. The van der Waals surface area contributed by atoms with E-state index < -0.39 is 0 Å². The highest BCUT2D eigenvalue weighted by atomic mass is 35.5. The molecule has 0 atom stereocenters. The molecule has 0 bridgehead atoms. The highest BCUT2D eigenvalue weighted by molar-refractivity contribution is 7.99. The molecule has 1 nitrogen and oxygen atoms in total. The van der Waals surface area contributed by atoms with Crippen LogP contribution in [0.3, 0.4) is 0 Å². The smallest absolute Gasteiger partial charge is 0.102 e. The molecule has 0 aliphatic heterocycles. The number of hydrogen-bond donors (Lipinski definition) is 0. The minimum Gasteiger partial charge on any atom is -0.240 e. The van der Waals surface area contributed by atoms with E-state index in [-0.39, 0.29) is 0 Å². The van der Waals surface area contributed by atoms with E-state index in [1.807, 2.05) is 48.5 Å². The molecule has 0 radical (unpaired) electrons. The van der Waals surface area contributed by atoms with E-state index in [1.165, 1.54) is 4.90 Å². The highest BCUT2D eigenvalue weighted by Crippen LogP contribution is 2.37. The van der Waals surface area contributed by atoms with Crippen LogP contribution >= 0.6 is 35.1 Å². The van der Waals surface area contributed by atoms with Gasteiger partial charge in [0.25, 0.3) is 0 Å². The predicted molar refractivity (Wildman–Crippen MR) is 116 cm³/mol. The third-order valence-electron chi connectivity index (χ3n) is 3.89. The van der Waals surface area contributed by atoms with Crippen molar-refractivity contribution in [1.82, 2.24) is 4.98 Å². The molecule has 0 aliphatic rings. The third kappa shape index (κ3) is 4.75.